The van der Waals surface area contributed by atoms with Crippen LogP contribution in [0.1, 0.15) is 18.2 Å². The van der Waals surface area contributed by atoms with E-state index in [1.54, 1.807) is 11.3 Å². The molecule has 2 aromatic rings. The van der Waals surface area contributed by atoms with E-state index in [2.05, 4.69) is 0 Å². The number of halogens is 1. The number of nitrogens with zero attached hydrogens (tertiary/aromatic N) is 2. The zero-order valence-electron chi connectivity index (χ0n) is 14.2. The van der Waals surface area contributed by atoms with Crippen LogP contribution in [0.2, 0.25) is 0 Å². The van der Waals surface area contributed by atoms with Gasteiger partial charge in [-0.2, -0.15) is 0 Å². The topological polar surface area (TPSA) is 66.6 Å². The molecule has 0 spiro atoms. The predicted molar refractivity (Wildman–Crippen MR) is 97.8 cm³/mol. The fourth-order valence-corrected chi connectivity index (χ4v) is 3.17. The molecule has 1 heterocycles. The van der Waals surface area contributed by atoms with Crippen molar-refractivity contribution >= 4 is 28.8 Å². The van der Waals surface area contributed by atoms with Gasteiger partial charge in [-0.25, -0.2) is 4.39 Å². The molecule has 0 atom stereocenters. The monoisotopic (exact) mass is 363 g/mol. The first kappa shape index (κ1) is 19.1. The number of carbonyl (C=O) groups is 2. The third kappa shape index (κ3) is 5.95. The second-order valence-electron chi connectivity index (χ2n) is 5.62. The highest BCUT2D eigenvalue weighted by Gasteiger charge is 2.19. The summed E-state index contributed by atoms with van der Waals surface area (Å²) in [5.41, 5.74) is 5.77. The average Bonchev–Trinajstić information content (AvgIpc) is 3.08. The highest BCUT2D eigenvalue weighted by Crippen LogP contribution is 2.17. The molecular weight excluding hydrogens is 341 g/mol. The Morgan fingerprint density at radius 3 is 2.48 bits per heavy atom. The minimum atomic E-state index is -0.481. The second kappa shape index (κ2) is 9.29. The lowest BCUT2D eigenvalue weighted by Gasteiger charge is -2.26. The van der Waals surface area contributed by atoms with E-state index in [0.717, 1.165) is 6.54 Å². The summed E-state index contributed by atoms with van der Waals surface area (Å²) < 4.78 is 13.2. The van der Waals surface area contributed by atoms with Gasteiger partial charge in [0.05, 0.1) is 6.54 Å². The maximum atomic E-state index is 13.2. The van der Waals surface area contributed by atoms with Crippen LogP contribution in [-0.4, -0.2) is 36.3 Å². The Kier molecular flexibility index (Phi) is 7.09. The second-order valence-corrected chi connectivity index (χ2v) is 6.65. The number of primary amides is 1. The number of benzene rings is 1. The van der Waals surface area contributed by atoms with E-state index < -0.39 is 5.91 Å². The van der Waals surface area contributed by atoms with E-state index in [9.17, 15) is 14.0 Å². The van der Waals surface area contributed by atoms with Crippen molar-refractivity contribution in [2.24, 2.45) is 5.73 Å². The lowest BCUT2D eigenvalue weighted by atomic mass is 10.2. The van der Waals surface area contributed by atoms with Crippen LogP contribution in [0.15, 0.2) is 41.8 Å². The smallest absolute Gasteiger partial charge is 0.241 e. The normalized spacial score (nSPS) is 10.8. The lowest BCUT2D eigenvalue weighted by molar-refractivity contribution is -0.120. The van der Waals surface area contributed by atoms with E-state index in [0.29, 0.717) is 12.2 Å². The highest BCUT2D eigenvalue weighted by atomic mass is 32.1. The number of nitrogens with two attached hydrogens (primary N) is 1. The van der Waals surface area contributed by atoms with E-state index in [4.69, 9.17) is 5.73 Å². The third-order valence-electron chi connectivity index (χ3n) is 3.79. The minimum absolute atomic E-state index is 0.0557. The van der Waals surface area contributed by atoms with Crippen molar-refractivity contribution in [3.63, 3.8) is 0 Å². The number of rotatable bonds is 9. The summed E-state index contributed by atoms with van der Waals surface area (Å²) in [7, 11) is 0. The predicted octanol–water partition coefficient (Wildman–Crippen LogP) is 2.62. The molecule has 0 unspecified atom stereocenters. The number of hydrogen-bond donors (Lipinski definition) is 1. The Morgan fingerprint density at radius 2 is 1.92 bits per heavy atom. The molecule has 0 radical (unpaired) electrons. The summed E-state index contributed by atoms with van der Waals surface area (Å²) in [6.07, 6.45) is 0.0557. The van der Waals surface area contributed by atoms with Crippen LogP contribution in [0, 0.1) is 5.82 Å². The minimum Gasteiger partial charge on any atom is -0.370 e. The highest BCUT2D eigenvalue weighted by molar-refractivity contribution is 7.09. The van der Waals surface area contributed by atoms with E-state index in [1.807, 2.05) is 29.3 Å². The van der Waals surface area contributed by atoms with Crippen LogP contribution in [0.5, 0.6) is 0 Å². The van der Waals surface area contributed by atoms with Gasteiger partial charge in [-0.05, 0) is 42.3 Å². The molecule has 25 heavy (non-hydrogen) atoms. The van der Waals surface area contributed by atoms with Crippen molar-refractivity contribution in [1.82, 2.24) is 4.90 Å². The first-order chi connectivity index (χ1) is 12.0. The number of carbonyl (C=O) groups excluding carboxylic acids is 2. The molecular formula is C18H22FN3O2S. The van der Waals surface area contributed by atoms with Crippen LogP contribution in [0.3, 0.4) is 0 Å². The Balaban J connectivity index is 2.09. The van der Waals surface area contributed by atoms with Gasteiger partial charge in [0.15, 0.2) is 0 Å². The Morgan fingerprint density at radius 1 is 1.20 bits per heavy atom. The van der Waals surface area contributed by atoms with Crippen LogP contribution in [0.25, 0.3) is 0 Å². The lowest BCUT2D eigenvalue weighted by Crippen LogP contribution is -2.41. The molecule has 2 rings (SSSR count). The summed E-state index contributed by atoms with van der Waals surface area (Å²) in [6.45, 7) is 3.79. The first-order valence-electron chi connectivity index (χ1n) is 8.08. The summed E-state index contributed by atoms with van der Waals surface area (Å²) in [5.74, 6) is -1.00. The molecule has 0 aliphatic carbocycles. The number of anilines is 1. The van der Waals surface area contributed by atoms with Crippen molar-refractivity contribution < 1.29 is 14.0 Å². The van der Waals surface area contributed by atoms with Gasteiger partial charge in [0, 0.05) is 30.1 Å². The van der Waals surface area contributed by atoms with Gasteiger partial charge in [-0.3, -0.25) is 14.5 Å². The maximum absolute atomic E-state index is 13.2. The zero-order chi connectivity index (χ0) is 18.2. The number of likely N-dealkylation sites (N-methyl/N-ethyl adjacent to an activating group) is 1. The summed E-state index contributed by atoms with van der Waals surface area (Å²) in [5, 5.41) is 2.00. The molecule has 5 nitrogen and oxygen atoms in total. The number of thiophene rings is 1. The van der Waals surface area contributed by atoms with Gasteiger partial charge in [0.2, 0.25) is 11.8 Å². The fourth-order valence-electron chi connectivity index (χ4n) is 2.42. The van der Waals surface area contributed by atoms with Gasteiger partial charge >= 0.3 is 0 Å². The van der Waals surface area contributed by atoms with Crippen LogP contribution in [0.4, 0.5) is 10.1 Å². The van der Waals surface area contributed by atoms with Gasteiger partial charge in [0.1, 0.15) is 5.82 Å². The summed E-state index contributed by atoms with van der Waals surface area (Å²) >= 11 is 1.64. The molecule has 1 aromatic heterocycles. The average molecular weight is 363 g/mol. The Hall–Kier alpha value is -2.25. The Labute approximate surface area is 150 Å². The quantitative estimate of drug-likeness (QED) is 0.745. The molecule has 134 valence electrons. The fraction of sp³-hybridized carbons (Fsp3) is 0.333. The zero-order valence-corrected chi connectivity index (χ0v) is 15.0. The first-order valence-corrected chi connectivity index (χ1v) is 8.96. The van der Waals surface area contributed by atoms with Crippen LogP contribution < -0.4 is 10.6 Å². The van der Waals surface area contributed by atoms with Gasteiger partial charge < -0.3 is 10.6 Å². The molecule has 0 bridgehead atoms. The molecule has 0 aliphatic rings. The SMILES string of the molecule is CCN(CC(=O)N(CCC(N)=O)c1ccc(F)cc1)Cc1cccs1. The van der Waals surface area contributed by atoms with Crippen molar-refractivity contribution in [3.8, 4) is 0 Å². The van der Waals surface area contributed by atoms with Crippen LogP contribution in [-0.2, 0) is 16.1 Å². The van der Waals surface area contributed by atoms with E-state index in [-0.39, 0.29) is 31.2 Å². The summed E-state index contributed by atoms with van der Waals surface area (Å²) in [6, 6.07) is 9.66. The molecule has 2 amide bonds. The maximum Gasteiger partial charge on any atom is 0.241 e. The molecule has 0 fully saturated rings. The standard InChI is InChI=1S/C18H22FN3O2S/c1-2-21(12-16-4-3-11-25-16)13-18(24)22(10-9-17(20)23)15-7-5-14(19)6-8-15/h3-8,11H,2,9-10,12-13H2,1H3,(H2,20,23). The van der Waals surface area contributed by atoms with Gasteiger partial charge in [-0.15, -0.1) is 11.3 Å². The largest absolute Gasteiger partial charge is 0.370 e. The molecule has 7 heteroatoms. The van der Waals surface area contributed by atoms with Crippen molar-refractivity contribution in [3.05, 3.63) is 52.5 Å². The van der Waals surface area contributed by atoms with Crippen LogP contribution >= 0.6 is 11.3 Å². The number of hydrogen-bond acceptors (Lipinski definition) is 4. The van der Waals surface area contributed by atoms with Gasteiger partial charge in [-0.1, -0.05) is 13.0 Å². The molecule has 1 aromatic carbocycles. The number of amides is 2. The van der Waals surface area contributed by atoms with Gasteiger partial charge in [0.25, 0.3) is 0 Å². The van der Waals surface area contributed by atoms with Crippen molar-refractivity contribution in [2.75, 3.05) is 24.5 Å². The van der Waals surface area contributed by atoms with Crippen molar-refractivity contribution in [2.45, 2.75) is 19.9 Å². The Bertz CT molecular complexity index is 689. The van der Waals surface area contributed by atoms with E-state index in [1.165, 1.54) is 34.0 Å². The molecule has 0 saturated carbocycles. The van der Waals surface area contributed by atoms with E-state index >= 15 is 0 Å². The molecule has 2 N–H and O–H groups in total. The summed E-state index contributed by atoms with van der Waals surface area (Å²) in [4.78, 5) is 28.6. The molecule has 0 aliphatic heterocycles. The molecule has 0 saturated heterocycles. The third-order valence-corrected chi connectivity index (χ3v) is 4.65. The van der Waals surface area contributed by atoms with Crippen molar-refractivity contribution in [1.29, 1.82) is 0 Å².